The second-order valence-electron chi connectivity index (χ2n) is 8.83. The van der Waals surface area contributed by atoms with Gasteiger partial charge in [-0.2, -0.15) is 0 Å². The van der Waals surface area contributed by atoms with Crippen LogP contribution in [0.25, 0.3) is 0 Å². The second-order valence-corrected chi connectivity index (χ2v) is 10.2. The van der Waals surface area contributed by atoms with E-state index in [1.165, 1.54) is 17.0 Å². The fourth-order valence-corrected chi connectivity index (χ4v) is 4.78. The van der Waals surface area contributed by atoms with Crippen LogP contribution in [0, 0.1) is 25.6 Å². The van der Waals surface area contributed by atoms with Crippen LogP contribution in [0.4, 0.5) is 4.39 Å². The maximum atomic E-state index is 13.5. The molecule has 4 nitrogen and oxygen atoms in total. The molecule has 1 aromatic heterocycles. The number of hydrogen-bond donors (Lipinski definition) is 0. The molecule has 33 heavy (non-hydrogen) atoms. The smallest absolute Gasteiger partial charge is 0.254 e. The molecule has 0 saturated heterocycles. The Bertz CT molecular complexity index is 1120. The molecule has 172 valence electrons. The van der Waals surface area contributed by atoms with Gasteiger partial charge in [0.15, 0.2) is 0 Å². The molecule has 0 unspecified atom stereocenters. The van der Waals surface area contributed by atoms with Gasteiger partial charge < -0.3 is 9.80 Å². The normalized spacial score (nSPS) is 13.1. The number of carbonyl (C=O) groups excluding carboxylic acids is 2. The second kappa shape index (κ2) is 10.3. The van der Waals surface area contributed by atoms with Gasteiger partial charge in [0.2, 0.25) is 5.91 Å². The Kier molecular flexibility index (Phi) is 7.23. The summed E-state index contributed by atoms with van der Waals surface area (Å²) in [5, 5.41) is 0. The van der Waals surface area contributed by atoms with Gasteiger partial charge in [-0.1, -0.05) is 30.3 Å². The van der Waals surface area contributed by atoms with Crippen LogP contribution in [0.15, 0.2) is 60.7 Å². The Balaban J connectivity index is 1.55. The van der Waals surface area contributed by atoms with Gasteiger partial charge in [-0.15, -0.1) is 11.3 Å². The summed E-state index contributed by atoms with van der Waals surface area (Å²) in [4.78, 5) is 32.6. The highest BCUT2D eigenvalue weighted by atomic mass is 32.1. The summed E-state index contributed by atoms with van der Waals surface area (Å²) in [7, 11) is 0. The molecule has 1 aliphatic carbocycles. The topological polar surface area (TPSA) is 40.6 Å². The lowest BCUT2D eigenvalue weighted by molar-refractivity contribution is -0.133. The molecular weight excluding hydrogens is 435 g/mol. The van der Waals surface area contributed by atoms with Gasteiger partial charge in [-0.3, -0.25) is 9.59 Å². The van der Waals surface area contributed by atoms with Crippen molar-refractivity contribution in [3.05, 3.63) is 92.9 Å². The van der Waals surface area contributed by atoms with E-state index in [9.17, 15) is 14.0 Å². The summed E-state index contributed by atoms with van der Waals surface area (Å²) >= 11 is 1.66. The lowest BCUT2D eigenvalue weighted by atomic mass is 10.1. The number of rotatable bonds is 9. The third kappa shape index (κ3) is 6.29. The monoisotopic (exact) mass is 464 g/mol. The molecule has 2 aromatic carbocycles. The van der Waals surface area contributed by atoms with Gasteiger partial charge in [0.25, 0.3) is 5.91 Å². The first-order chi connectivity index (χ1) is 15.9. The van der Waals surface area contributed by atoms with Crippen molar-refractivity contribution in [1.29, 1.82) is 0 Å². The van der Waals surface area contributed by atoms with E-state index in [2.05, 4.69) is 0 Å². The first kappa shape index (κ1) is 23.2. The molecule has 1 aliphatic rings. The van der Waals surface area contributed by atoms with E-state index in [1.54, 1.807) is 33.3 Å². The number of hydrogen-bond acceptors (Lipinski definition) is 3. The summed E-state index contributed by atoms with van der Waals surface area (Å²) in [6, 6.07) is 17.8. The van der Waals surface area contributed by atoms with Gasteiger partial charge >= 0.3 is 0 Å². The summed E-state index contributed by atoms with van der Waals surface area (Å²) in [5.74, 6) is -0.0313. The molecule has 2 amide bonds. The van der Waals surface area contributed by atoms with Crippen molar-refractivity contribution in [3.63, 3.8) is 0 Å². The van der Waals surface area contributed by atoms with Gasteiger partial charge in [-0.25, -0.2) is 4.39 Å². The molecule has 0 atom stereocenters. The summed E-state index contributed by atoms with van der Waals surface area (Å²) in [5.41, 5.74) is 2.41. The van der Waals surface area contributed by atoms with Crippen LogP contribution in [0.3, 0.4) is 0 Å². The van der Waals surface area contributed by atoms with Crippen LogP contribution in [0.2, 0.25) is 0 Å². The largest absolute Gasteiger partial charge is 0.332 e. The molecule has 3 aromatic rings. The number of nitrogens with zero attached hydrogens (tertiary/aromatic N) is 2. The molecule has 0 N–H and O–H groups in total. The third-order valence-corrected chi connectivity index (χ3v) is 6.93. The first-order valence-electron chi connectivity index (χ1n) is 11.3. The Labute approximate surface area is 198 Å². The standard InChI is InChI=1S/C27H29FN2O2S/c1-19-5-3-4-6-25(19)27(32)30(16-21-8-9-21)18-26(31)29(17-24-14-7-20(2)33-24)15-22-10-12-23(28)13-11-22/h3-7,10-14,21H,8-9,15-18H2,1-2H3. The van der Waals surface area contributed by atoms with Crippen LogP contribution in [0.5, 0.6) is 0 Å². The lowest BCUT2D eigenvalue weighted by Crippen LogP contribution is -2.43. The van der Waals surface area contributed by atoms with Gasteiger partial charge in [0.1, 0.15) is 12.4 Å². The van der Waals surface area contributed by atoms with Gasteiger partial charge in [0.05, 0.1) is 6.54 Å². The lowest BCUT2D eigenvalue weighted by Gasteiger charge is -2.28. The maximum Gasteiger partial charge on any atom is 0.254 e. The predicted octanol–water partition coefficient (Wildman–Crippen LogP) is 5.59. The molecule has 0 aliphatic heterocycles. The van der Waals surface area contributed by atoms with Crippen molar-refractivity contribution in [1.82, 2.24) is 9.80 Å². The molecule has 1 fully saturated rings. The summed E-state index contributed by atoms with van der Waals surface area (Å²) in [6.07, 6.45) is 2.19. The Morgan fingerprint density at radius 3 is 2.30 bits per heavy atom. The molecule has 0 spiro atoms. The van der Waals surface area contributed by atoms with E-state index in [0.717, 1.165) is 28.8 Å². The summed E-state index contributed by atoms with van der Waals surface area (Å²) < 4.78 is 13.4. The molecular formula is C27H29FN2O2S. The van der Waals surface area contributed by atoms with E-state index in [0.29, 0.717) is 31.1 Å². The highest BCUT2D eigenvalue weighted by molar-refractivity contribution is 7.11. The van der Waals surface area contributed by atoms with Crippen LogP contribution in [-0.2, 0) is 17.9 Å². The zero-order valence-corrected chi connectivity index (χ0v) is 19.9. The first-order valence-corrected chi connectivity index (χ1v) is 12.1. The minimum atomic E-state index is -0.301. The average Bonchev–Trinajstić information content (AvgIpc) is 3.53. The van der Waals surface area contributed by atoms with Crippen LogP contribution < -0.4 is 0 Å². The number of carbonyl (C=O) groups is 2. The van der Waals surface area contributed by atoms with Gasteiger partial charge in [-0.05, 0) is 74.1 Å². The minimum Gasteiger partial charge on any atom is -0.332 e. The molecule has 6 heteroatoms. The van der Waals surface area contributed by atoms with Crippen molar-refractivity contribution >= 4 is 23.2 Å². The SMILES string of the molecule is Cc1ccc(CN(Cc2ccc(F)cc2)C(=O)CN(CC2CC2)C(=O)c2ccccc2C)s1. The van der Waals surface area contributed by atoms with E-state index in [4.69, 9.17) is 0 Å². The number of amides is 2. The maximum absolute atomic E-state index is 13.5. The fraction of sp³-hybridized carbons (Fsp3) is 0.333. The van der Waals surface area contributed by atoms with E-state index in [-0.39, 0.29) is 24.2 Å². The van der Waals surface area contributed by atoms with Crippen molar-refractivity contribution in [3.8, 4) is 0 Å². The van der Waals surface area contributed by atoms with Crippen molar-refractivity contribution < 1.29 is 14.0 Å². The number of benzene rings is 2. The van der Waals surface area contributed by atoms with Crippen molar-refractivity contribution in [2.24, 2.45) is 5.92 Å². The Morgan fingerprint density at radius 1 is 0.939 bits per heavy atom. The number of halogens is 1. The van der Waals surface area contributed by atoms with Crippen LogP contribution in [-0.4, -0.2) is 34.7 Å². The third-order valence-electron chi connectivity index (χ3n) is 5.95. The van der Waals surface area contributed by atoms with Crippen molar-refractivity contribution in [2.45, 2.75) is 39.8 Å². The van der Waals surface area contributed by atoms with E-state index in [1.807, 2.05) is 50.2 Å². The molecule has 0 radical (unpaired) electrons. The van der Waals surface area contributed by atoms with Crippen molar-refractivity contribution in [2.75, 3.05) is 13.1 Å². The minimum absolute atomic E-state index is 0.0369. The van der Waals surface area contributed by atoms with Crippen LogP contribution in [0.1, 0.15) is 44.1 Å². The fourth-order valence-electron chi connectivity index (χ4n) is 3.88. The number of thiophene rings is 1. The van der Waals surface area contributed by atoms with Gasteiger partial charge in [0, 0.05) is 28.4 Å². The zero-order valence-electron chi connectivity index (χ0n) is 19.1. The highest BCUT2D eigenvalue weighted by Crippen LogP contribution is 2.30. The Morgan fingerprint density at radius 2 is 1.67 bits per heavy atom. The zero-order chi connectivity index (χ0) is 23.4. The molecule has 1 heterocycles. The van der Waals surface area contributed by atoms with Crippen LogP contribution >= 0.6 is 11.3 Å². The molecule has 0 bridgehead atoms. The summed E-state index contributed by atoms with van der Waals surface area (Å²) in [6.45, 7) is 5.43. The molecule has 1 saturated carbocycles. The number of aryl methyl sites for hydroxylation is 2. The average molecular weight is 465 g/mol. The Hall–Kier alpha value is -2.99. The van der Waals surface area contributed by atoms with E-state index >= 15 is 0 Å². The quantitative estimate of drug-likeness (QED) is 0.414. The predicted molar refractivity (Wildman–Crippen MR) is 130 cm³/mol. The molecule has 4 rings (SSSR count). The van der Waals surface area contributed by atoms with E-state index < -0.39 is 0 Å². The highest BCUT2D eigenvalue weighted by Gasteiger charge is 2.30.